The minimum Gasteiger partial charge on any atom is -0.495 e. The van der Waals surface area contributed by atoms with Crippen molar-refractivity contribution in [1.82, 2.24) is 4.98 Å². The third kappa shape index (κ3) is 3.87. The lowest BCUT2D eigenvalue weighted by Gasteiger charge is -2.13. The minimum absolute atomic E-state index is 0.251. The van der Waals surface area contributed by atoms with E-state index in [9.17, 15) is 4.79 Å². The highest BCUT2D eigenvalue weighted by Gasteiger charge is 2.18. The number of hydrogen-bond acceptors (Lipinski definition) is 4. The Bertz CT molecular complexity index is 1480. The number of ether oxygens (including phenoxy) is 1. The molecular formula is C27H21BrN2O3. The van der Waals surface area contributed by atoms with Gasteiger partial charge in [0.25, 0.3) is 5.91 Å². The first-order chi connectivity index (χ1) is 15.9. The summed E-state index contributed by atoms with van der Waals surface area (Å²) in [6.45, 7) is 4.11. The van der Waals surface area contributed by atoms with Crippen molar-refractivity contribution in [1.29, 1.82) is 0 Å². The second kappa shape index (κ2) is 8.37. The predicted octanol–water partition coefficient (Wildman–Crippen LogP) is 7.29. The molecule has 4 aromatic carbocycles. The van der Waals surface area contributed by atoms with Crippen LogP contribution in [0.2, 0.25) is 0 Å². The SMILES string of the molecule is COc1c(C(=O)Nc2ccc(-c3nc4cc(C)c(C)cc4o3)cc2)cc2ccccc2c1Br. The molecule has 0 saturated carbocycles. The van der Waals surface area contributed by atoms with Gasteiger partial charge >= 0.3 is 0 Å². The molecule has 0 saturated heterocycles. The zero-order valence-corrected chi connectivity index (χ0v) is 20.0. The van der Waals surface area contributed by atoms with E-state index in [4.69, 9.17) is 9.15 Å². The second-order valence-corrected chi connectivity index (χ2v) is 8.74. The molecule has 6 heteroatoms. The van der Waals surface area contributed by atoms with E-state index in [1.165, 1.54) is 11.1 Å². The van der Waals surface area contributed by atoms with Crippen molar-refractivity contribution in [3.63, 3.8) is 0 Å². The Morgan fingerprint density at radius 2 is 1.73 bits per heavy atom. The fourth-order valence-electron chi connectivity index (χ4n) is 3.85. The van der Waals surface area contributed by atoms with Crippen LogP contribution in [0.1, 0.15) is 21.5 Å². The number of rotatable bonds is 4. The summed E-state index contributed by atoms with van der Waals surface area (Å²) < 4.78 is 12.2. The van der Waals surface area contributed by atoms with Crippen molar-refractivity contribution in [2.75, 3.05) is 12.4 Å². The summed E-state index contributed by atoms with van der Waals surface area (Å²) >= 11 is 3.58. The number of carbonyl (C=O) groups excluding carboxylic acids is 1. The van der Waals surface area contributed by atoms with E-state index < -0.39 is 0 Å². The van der Waals surface area contributed by atoms with Crippen molar-refractivity contribution in [2.24, 2.45) is 0 Å². The fourth-order valence-corrected chi connectivity index (χ4v) is 4.59. The lowest BCUT2D eigenvalue weighted by molar-refractivity contribution is 0.102. The monoisotopic (exact) mass is 500 g/mol. The number of aryl methyl sites for hydroxylation is 2. The third-order valence-corrected chi connectivity index (χ3v) is 6.57. The van der Waals surface area contributed by atoms with Gasteiger partial charge in [-0.3, -0.25) is 4.79 Å². The molecule has 1 amide bonds. The molecule has 0 unspecified atom stereocenters. The molecule has 0 atom stereocenters. The van der Waals surface area contributed by atoms with Crippen molar-refractivity contribution >= 4 is 49.4 Å². The molecule has 0 aliphatic rings. The van der Waals surface area contributed by atoms with E-state index in [-0.39, 0.29) is 5.91 Å². The first kappa shape index (κ1) is 21.2. The quantitative estimate of drug-likeness (QED) is 0.281. The highest BCUT2D eigenvalue weighted by Crippen LogP contribution is 2.37. The third-order valence-electron chi connectivity index (χ3n) is 5.78. The van der Waals surface area contributed by atoms with E-state index in [0.717, 1.165) is 31.9 Å². The number of nitrogens with zero attached hydrogens (tertiary/aromatic N) is 1. The highest BCUT2D eigenvalue weighted by atomic mass is 79.9. The van der Waals surface area contributed by atoms with Gasteiger partial charge in [0.05, 0.1) is 17.1 Å². The minimum atomic E-state index is -0.251. The van der Waals surface area contributed by atoms with Crippen LogP contribution < -0.4 is 10.1 Å². The van der Waals surface area contributed by atoms with Gasteiger partial charge in [-0.1, -0.05) is 24.3 Å². The van der Waals surface area contributed by atoms with E-state index in [2.05, 4.69) is 40.1 Å². The van der Waals surface area contributed by atoms with Gasteiger partial charge in [-0.2, -0.15) is 0 Å². The Hall–Kier alpha value is -3.64. The zero-order valence-electron chi connectivity index (χ0n) is 18.4. The number of hydrogen-bond donors (Lipinski definition) is 1. The first-order valence-corrected chi connectivity index (χ1v) is 11.3. The summed E-state index contributed by atoms with van der Waals surface area (Å²) in [6, 6.07) is 21.1. The largest absolute Gasteiger partial charge is 0.495 e. The number of nitrogens with one attached hydrogen (secondary N) is 1. The van der Waals surface area contributed by atoms with Crippen LogP contribution in [0.3, 0.4) is 0 Å². The van der Waals surface area contributed by atoms with Gasteiger partial charge in [0.1, 0.15) is 11.3 Å². The molecular weight excluding hydrogens is 480 g/mol. The maximum absolute atomic E-state index is 13.1. The van der Waals surface area contributed by atoms with Crippen molar-refractivity contribution in [3.05, 3.63) is 87.9 Å². The number of benzene rings is 4. The summed E-state index contributed by atoms with van der Waals surface area (Å²) in [5.41, 5.74) is 5.90. The number of methoxy groups -OCH3 is 1. The maximum Gasteiger partial charge on any atom is 0.259 e. The van der Waals surface area contributed by atoms with Gasteiger partial charge in [-0.05, 0) is 94.1 Å². The standard InChI is InChI=1S/C27H21BrN2O3/c1-15-12-22-23(13-16(15)2)33-27(30-22)17-8-10-19(11-9-17)29-26(31)21-14-18-6-4-5-7-20(18)24(28)25(21)32-3/h4-14H,1-3H3,(H,29,31). The van der Waals surface area contributed by atoms with Crippen LogP contribution in [0.5, 0.6) is 5.75 Å². The van der Waals surface area contributed by atoms with Crippen LogP contribution in [0.4, 0.5) is 5.69 Å². The molecule has 1 aromatic heterocycles. The average Bonchev–Trinajstić information content (AvgIpc) is 3.22. The van der Waals surface area contributed by atoms with Gasteiger partial charge in [0, 0.05) is 11.3 Å². The first-order valence-electron chi connectivity index (χ1n) is 10.5. The van der Waals surface area contributed by atoms with Gasteiger partial charge < -0.3 is 14.5 Å². The normalized spacial score (nSPS) is 11.2. The molecule has 0 aliphatic carbocycles. The molecule has 1 N–H and O–H groups in total. The Balaban J connectivity index is 1.42. The topological polar surface area (TPSA) is 64.4 Å². The summed E-state index contributed by atoms with van der Waals surface area (Å²) in [5, 5.41) is 4.89. The summed E-state index contributed by atoms with van der Waals surface area (Å²) in [4.78, 5) is 17.7. The Morgan fingerprint density at radius 3 is 2.48 bits per heavy atom. The number of amides is 1. The van der Waals surface area contributed by atoms with Gasteiger partial charge in [0.15, 0.2) is 5.58 Å². The molecule has 0 fully saturated rings. The van der Waals surface area contributed by atoms with Crippen LogP contribution in [0.15, 0.2) is 75.6 Å². The van der Waals surface area contributed by atoms with Crippen LogP contribution in [-0.2, 0) is 0 Å². The molecule has 1 heterocycles. The molecule has 5 nitrogen and oxygen atoms in total. The molecule has 33 heavy (non-hydrogen) atoms. The van der Waals surface area contributed by atoms with Crippen LogP contribution >= 0.6 is 15.9 Å². The maximum atomic E-state index is 13.1. The van der Waals surface area contributed by atoms with E-state index in [1.807, 2.05) is 66.7 Å². The van der Waals surface area contributed by atoms with E-state index in [0.29, 0.717) is 22.9 Å². The van der Waals surface area contributed by atoms with Gasteiger partial charge in [-0.15, -0.1) is 0 Å². The highest BCUT2D eigenvalue weighted by molar-refractivity contribution is 9.10. The lowest BCUT2D eigenvalue weighted by Crippen LogP contribution is -2.13. The Labute approximate surface area is 199 Å². The zero-order chi connectivity index (χ0) is 23.1. The average molecular weight is 501 g/mol. The predicted molar refractivity (Wildman–Crippen MR) is 135 cm³/mol. The van der Waals surface area contributed by atoms with Gasteiger partial charge in [-0.25, -0.2) is 4.98 Å². The fraction of sp³-hybridized carbons (Fsp3) is 0.111. The molecule has 0 aliphatic heterocycles. The number of anilines is 1. The lowest BCUT2D eigenvalue weighted by atomic mass is 10.0. The number of fused-ring (bicyclic) bond motifs is 2. The summed E-state index contributed by atoms with van der Waals surface area (Å²) in [5.74, 6) is 0.798. The van der Waals surface area contributed by atoms with Crippen LogP contribution in [0.25, 0.3) is 33.3 Å². The molecule has 0 bridgehead atoms. The number of aromatic nitrogens is 1. The van der Waals surface area contributed by atoms with Crippen LogP contribution in [0, 0.1) is 13.8 Å². The molecule has 164 valence electrons. The van der Waals surface area contributed by atoms with Crippen molar-refractivity contribution in [2.45, 2.75) is 13.8 Å². The number of halogens is 1. The molecule has 5 aromatic rings. The van der Waals surface area contributed by atoms with Crippen LogP contribution in [-0.4, -0.2) is 18.0 Å². The van der Waals surface area contributed by atoms with Crippen molar-refractivity contribution in [3.8, 4) is 17.2 Å². The van der Waals surface area contributed by atoms with E-state index >= 15 is 0 Å². The summed E-state index contributed by atoms with van der Waals surface area (Å²) in [6.07, 6.45) is 0. The Kier molecular flexibility index (Phi) is 5.38. The Morgan fingerprint density at radius 1 is 1.00 bits per heavy atom. The van der Waals surface area contributed by atoms with Crippen molar-refractivity contribution < 1.29 is 13.9 Å². The van der Waals surface area contributed by atoms with E-state index in [1.54, 1.807) is 7.11 Å². The molecule has 0 spiro atoms. The number of carbonyl (C=O) groups is 1. The summed E-state index contributed by atoms with van der Waals surface area (Å²) in [7, 11) is 1.56. The molecule has 5 rings (SSSR count). The second-order valence-electron chi connectivity index (χ2n) is 7.95. The van der Waals surface area contributed by atoms with Gasteiger partial charge in [0.2, 0.25) is 5.89 Å². The number of oxazole rings is 1. The smallest absolute Gasteiger partial charge is 0.259 e. The molecule has 0 radical (unpaired) electrons.